The first kappa shape index (κ1) is 10.1. The van der Waals surface area contributed by atoms with Gasteiger partial charge in [0.25, 0.3) is 0 Å². The molecule has 17 heavy (non-hydrogen) atoms. The van der Waals surface area contributed by atoms with E-state index in [2.05, 4.69) is 0 Å². The molecule has 1 aliphatic rings. The monoisotopic (exact) mass is 228 g/mol. The van der Waals surface area contributed by atoms with Crippen LogP contribution in [0.2, 0.25) is 0 Å². The van der Waals surface area contributed by atoms with Crippen LogP contribution >= 0.6 is 0 Å². The summed E-state index contributed by atoms with van der Waals surface area (Å²) in [5, 5.41) is 0. The quantitative estimate of drug-likeness (QED) is 0.742. The molecule has 86 valence electrons. The molecule has 2 heterocycles. The fourth-order valence-electron chi connectivity index (χ4n) is 2.12. The average molecular weight is 228 g/mol. The molecule has 0 saturated heterocycles. The maximum Gasteiger partial charge on any atom is 0.199 e. The summed E-state index contributed by atoms with van der Waals surface area (Å²) in [6.45, 7) is 0.683. The number of aryl methyl sites for hydroxylation is 1. The first-order valence-electron chi connectivity index (χ1n) is 5.68. The van der Waals surface area contributed by atoms with Crippen LogP contribution in [0.4, 0.5) is 0 Å². The van der Waals surface area contributed by atoms with Crippen molar-refractivity contribution in [3.05, 3.63) is 53.5 Å². The second-order valence-corrected chi connectivity index (χ2v) is 4.09. The van der Waals surface area contributed by atoms with E-state index >= 15 is 0 Å². The number of rotatable bonds is 2. The summed E-state index contributed by atoms with van der Waals surface area (Å²) in [5.74, 6) is 0.697. The Balaban J connectivity index is 2.06. The summed E-state index contributed by atoms with van der Waals surface area (Å²) < 4.78 is 10.6. The Kier molecular flexibility index (Phi) is 2.44. The second kappa shape index (κ2) is 4.09. The van der Waals surface area contributed by atoms with Crippen molar-refractivity contribution in [2.75, 3.05) is 6.61 Å². The fraction of sp³-hybridized carbons (Fsp3) is 0.214. The van der Waals surface area contributed by atoms with Crippen LogP contribution in [-0.2, 0) is 6.42 Å². The molecule has 1 aliphatic heterocycles. The molecule has 0 aliphatic carbocycles. The van der Waals surface area contributed by atoms with Gasteiger partial charge in [0.1, 0.15) is 12.0 Å². The molecule has 0 amide bonds. The number of hydrogen-bond acceptors (Lipinski definition) is 3. The van der Waals surface area contributed by atoms with Crippen molar-refractivity contribution in [3.8, 4) is 5.75 Å². The van der Waals surface area contributed by atoms with E-state index in [1.165, 1.54) is 12.5 Å². The molecule has 0 spiro atoms. The fourth-order valence-corrected chi connectivity index (χ4v) is 2.12. The van der Waals surface area contributed by atoms with E-state index in [0.29, 0.717) is 17.7 Å². The third-order valence-electron chi connectivity index (χ3n) is 2.96. The van der Waals surface area contributed by atoms with Crippen LogP contribution in [0.1, 0.15) is 27.9 Å². The Labute approximate surface area is 99.0 Å². The molecule has 3 heteroatoms. The van der Waals surface area contributed by atoms with Crippen LogP contribution in [0.15, 0.2) is 41.2 Å². The lowest BCUT2D eigenvalue weighted by molar-refractivity contribution is 0.103. The van der Waals surface area contributed by atoms with E-state index in [-0.39, 0.29) is 5.78 Å². The van der Waals surface area contributed by atoms with Gasteiger partial charge in [-0.3, -0.25) is 4.79 Å². The minimum Gasteiger partial charge on any atom is -0.493 e. The van der Waals surface area contributed by atoms with Gasteiger partial charge in [0.2, 0.25) is 0 Å². The molecule has 3 rings (SSSR count). The minimum absolute atomic E-state index is 0.0440. The second-order valence-electron chi connectivity index (χ2n) is 4.09. The van der Waals surface area contributed by atoms with Gasteiger partial charge in [0.15, 0.2) is 5.78 Å². The average Bonchev–Trinajstić information content (AvgIpc) is 2.91. The zero-order valence-corrected chi connectivity index (χ0v) is 9.31. The van der Waals surface area contributed by atoms with Gasteiger partial charge in [-0.15, -0.1) is 0 Å². The molecule has 2 aromatic rings. The van der Waals surface area contributed by atoms with Gasteiger partial charge in [-0.2, -0.15) is 0 Å². The number of ether oxygens (including phenoxy) is 1. The zero-order chi connectivity index (χ0) is 11.7. The highest BCUT2D eigenvalue weighted by molar-refractivity contribution is 6.10. The van der Waals surface area contributed by atoms with E-state index in [9.17, 15) is 4.79 Å². The number of furan rings is 1. The summed E-state index contributed by atoms with van der Waals surface area (Å²) >= 11 is 0. The Morgan fingerprint density at radius 2 is 2.18 bits per heavy atom. The Morgan fingerprint density at radius 3 is 3.00 bits per heavy atom. The van der Waals surface area contributed by atoms with Gasteiger partial charge < -0.3 is 9.15 Å². The molecular formula is C14H12O3. The van der Waals surface area contributed by atoms with Gasteiger partial charge in [-0.1, -0.05) is 12.1 Å². The van der Waals surface area contributed by atoms with E-state index in [1.807, 2.05) is 12.1 Å². The maximum absolute atomic E-state index is 12.2. The minimum atomic E-state index is -0.0440. The van der Waals surface area contributed by atoms with Crippen molar-refractivity contribution < 1.29 is 13.9 Å². The van der Waals surface area contributed by atoms with Crippen molar-refractivity contribution >= 4 is 5.78 Å². The predicted octanol–water partition coefficient (Wildman–Crippen LogP) is 2.84. The van der Waals surface area contributed by atoms with Gasteiger partial charge in [0.05, 0.1) is 24.0 Å². The first-order chi connectivity index (χ1) is 8.36. The summed E-state index contributed by atoms with van der Waals surface area (Å²) in [7, 11) is 0. The number of ketones is 1. The van der Waals surface area contributed by atoms with Crippen LogP contribution < -0.4 is 4.74 Å². The largest absolute Gasteiger partial charge is 0.493 e. The number of para-hydroxylation sites is 1. The van der Waals surface area contributed by atoms with E-state index in [4.69, 9.17) is 9.15 Å². The molecule has 1 aromatic heterocycles. The predicted molar refractivity (Wildman–Crippen MR) is 62.4 cm³/mol. The third kappa shape index (κ3) is 1.73. The number of carbonyl (C=O) groups excluding carboxylic acids is 1. The lowest BCUT2D eigenvalue weighted by Gasteiger charge is -2.19. The number of hydrogen-bond donors (Lipinski definition) is 0. The summed E-state index contributed by atoms with van der Waals surface area (Å²) in [4.78, 5) is 12.2. The smallest absolute Gasteiger partial charge is 0.199 e. The van der Waals surface area contributed by atoms with Crippen LogP contribution in [0.3, 0.4) is 0 Å². The van der Waals surface area contributed by atoms with Crippen molar-refractivity contribution in [2.24, 2.45) is 0 Å². The zero-order valence-electron chi connectivity index (χ0n) is 9.31. The Hall–Kier alpha value is -2.03. The normalized spacial score (nSPS) is 13.9. The molecule has 0 atom stereocenters. The lowest BCUT2D eigenvalue weighted by atomic mass is 9.98. The molecule has 0 saturated carbocycles. The van der Waals surface area contributed by atoms with Crippen molar-refractivity contribution in [1.29, 1.82) is 0 Å². The van der Waals surface area contributed by atoms with Crippen LogP contribution in [0.5, 0.6) is 5.75 Å². The Morgan fingerprint density at radius 1 is 1.24 bits per heavy atom. The SMILES string of the molecule is O=C(c1ccoc1)c1cccc2c1OCCC2. The molecule has 0 N–H and O–H groups in total. The van der Waals surface area contributed by atoms with Crippen molar-refractivity contribution in [1.82, 2.24) is 0 Å². The number of benzene rings is 1. The number of carbonyl (C=O) groups is 1. The molecule has 0 bridgehead atoms. The highest BCUT2D eigenvalue weighted by atomic mass is 16.5. The van der Waals surface area contributed by atoms with Crippen LogP contribution in [0, 0.1) is 0 Å². The lowest BCUT2D eigenvalue weighted by Crippen LogP contribution is -2.13. The summed E-state index contributed by atoms with van der Waals surface area (Å²) in [5.41, 5.74) is 2.31. The van der Waals surface area contributed by atoms with Crippen molar-refractivity contribution in [3.63, 3.8) is 0 Å². The molecule has 3 nitrogen and oxygen atoms in total. The standard InChI is InChI=1S/C14H12O3/c15-13(11-6-8-16-9-11)12-5-1-3-10-4-2-7-17-14(10)12/h1,3,5-6,8-9H,2,4,7H2. The molecular weight excluding hydrogens is 216 g/mol. The Bertz CT molecular complexity index is 541. The van der Waals surface area contributed by atoms with Crippen LogP contribution in [0.25, 0.3) is 0 Å². The highest BCUT2D eigenvalue weighted by Gasteiger charge is 2.20. The van der Waals surface area contributed by atoms with E-state index in [0.717, 1.165) is 24.2 Å². The van der Waals surface area contributed by atoms with Crippen LogP contribution in [-0.4, -0.2) is 12.4 Å². The van der Waals surface area contributed by atoms with Gasteiger partial charge in [-0.05, 0) is 30.5 Å². The van der Waals surface area contributed by atoms with Gasteiger partial charge in [0, 0.05) is 0 Å². The van der Waals surface area contributed by atoms with E-state index in [1.54, 1.807) is 12.1 Å². The first-order valence-corrected chi connectivity index (χ1v) is 5.68. The van der Waals surface area contributed by atoms with Gasteiger partial charge >= 0.3 is 0 Å². The third-order valence-corrected chi connectivity index (χ3v) is 2.96. The molecule has 0 fully saturated rings. The molecule has 0 radical (unpaired) electrons. The summed E-state index contributed by atoms with van der Waals surface area (Å²) in [6, 6.07) is 7.39. The van der Waals surface area contributed by atoms with Crippen molar-refractivity contribution in [2.45, 2.75) is 12.8 Å². The summed E-state index contributed by atoms with van der Waals surface area (Å²) in [6.07, 6.45) is 4.95. The highest BCUT2D eigenvalue weighted by Crippen LogP contribution is 2.30. The van der Waals surface area contributed by atoms with E-state index < -0.39 is 0 Å². The van der Waals surface area contributed by atoms with Gasteiger partial charge in [-0.25, -0.2) is 0 Å². The molecule has 0 unspecified atom stereocenters. The molecule has 1 aromatic carbocycles. The maximum atomic E-state index is 12.2. The topological polar surface area (TPSA) is 39.4 Å². The number of fused-ring (bicyclic) bond motifs is 1.